The standard InChI is InChI=1S/C3H5ClO2/c1-6-3(4)2-5/h2-3H,1H3. The topological polar surface area (TPSA) is 26.3 Å². The molecule has 3 heteroatoms. The van der Waals surface area contributed by atoms with E-state index in [4.69, 9.17) is 11.6 Å². The molecule has 1 atom stereocenters. The molecule has 0 bridgehead atoms. The first-order valence-electron chi connectivity index (χ1n) is 1.43. The quantitative estimate of drug-likeness (QED) is 0.378. The molecule has 6 heavy (non-hydrogen) atoms. The lowest BCUT2D eigenvalue weighted by molar-refractivity contribution is -0.112. The van der Waals surface area contributed by atoms with Crippen molar-refractivity contribution >= 4 is 17.9 Å². The van der Waals surface area contributed by atoms with Crippen molar-refractivity contribution in [1.82, 2.24) is 0 Å². The molecule has 0 spiro atoms. The highest BCUT2D eigenvalue weighted by Gasteiger charge is 1.92. The summed E-state index contributed by atoms with van der Waals surface area (Å²) in [4.78, 5) is 9.48. The molecule has 0 amide bonds. The number of hydrogen-bond acceptors (Lipinski definition) is 2. The fourth-order valence-corrected chi connectivity index (χ4v) is 0.0556. The molecule has 0 saturated heterocycles. The smallest absolute Gasteiger partial charge is 0.185 e. The predicted molar refractivity (Wildman–Crippen MR) is 22.7 cm³/mol. The zero-order valence-corrected chi connectivity index (χ0v) is 4.11. The zero-order valence-electron chi connectivity index (χ0n) is 3.35. The molecule has 0 aliphatic heterocycles. The van der Waals surface area contributed by atoms with Gasteiger partial charge in [0.05, 0.1) is 0 Å². The van der Waals surface area contributed by atoms with Crippen LogP contribution in [0.3, 0.4) is 0 Å². The van der Waals surface area contributed by atoms with Crippen molar-refractivity contribution in [3.63, 3.8) is 0 Å². The van der Waals surface area contributed by atoms with Crippen LogP contribution in [0, 0.1) is 0 Å². The number of ether oxygens (including phenoxy) is 1. The largest absolute Gasteiger partial charge is 0.359 e. The summed E-state index contributed by atoms with van der Waals surface area (Å²) in [6.07, 6.45) is 0.515. The van der Waals surface area contributed by atoms with Crippen LogP contribution in [0.15, 0.2) is 0 Å². The second-order valence-electron chi connectivity index (χ2n) is 0.723. The van der Waals surface area contributed by atoms with E-state index in [0.29, 0.717) is 6.29 Å². The molecule has 2 nitrogen and oxygen atoms in total. The van der Waals surface area contributed by atoms with E-state index in [2.05, 4.69) is 4.74 Å². The Morgan fingerprint density at radius 3 is 2.50 bits per heavy atom. The van der Waals surface area contributed by atoms with Crippen LogP contribution in [-0.4, -0.2) is 19.0 Å². The van der Waals surface area contributed by atoms with Crippen molar-refractivity contribution in [2.24, 2.45) is 0 Å². The number of halogens is 1. The summed E-state index contributed by atoms with van der Waals surface area (Å²) in [5.74, 6) is 0. The van der Waals surface area contributed by atoms with Gasteiger partial charge in [0.15, 0.2) is 11.8 Å². The van der Waals surface area contributed by atoms with E-state index in [9.17, 15) is 4.79 Å². The molecule has 0 N–H and O–H groups in total. The molecule has 0 fully saturated rings. The minimum atomic E-state index is -0.773. The number of rotatable bonds is 2. The Morgan fingerprint density at radius 2 is 2.50 bits per heavy atom. The van der Waals surface area contributed by atoms with E-state index in [1.807, 2.05) is 0 Å². The van der Waals surface area contributed by atoms with Crippen molar-refractivity contribution in [1.29, 1.82) is 0 Å². The normalized spacial score (nSPS) is 13.7. The van der Waals surface area contributed by atoms with Crippen molar-refractivity contribution in [3.05, 3.63) is 0 Å². The summed E-state index contributed by atoms with van der Waals surface area (Å²) in [7, 11) is 1.37. The van der Waals surface area contributed by atoms with E-state index in [0.717, 1.165) is 0 Å². The van der Waals surface area contributed by atoms with Gasteiger partial charge < -0.3 is 4.74 Å². The minimum Gasteiger partial charge on any atom is -0.359 e. The lowest BCUT2D eigenvalue weighted by atomic mass is 10.8. The average molecular weight is 109 g/mol. The maximum atomic E-state index is 9.48. The zero-order chi connectivity index (χ0) is 4.99. The summed E-state index contributed by atoms with van der Waals surface area (Å²) in [6, 6.07) is 0. The highest BCUT2D eigenvalue weighted by atomic mass is 35.5. The van der Waals surface area contributed by atoms with Crippen LogP contribution < -0.4 is 0 Å². The highest BCUT2D eigenvalue weighted by molar-refractivity contribution is 6.26. The number of hydrogen-bond donors (Lipinski definition) is 0. The Kier molecular flexibility index (Phi) is 3.08. The van der Waals surface area contributed by atoms with Crippen LogP contribution in [0.25, 0.3) is 0 Å². The van der Waals surface area contributed by atoms with Gasteiger partial charge in [-0.25, -0.2) is 0 Å². The van der Waals surface area contributed by atoms with Crippen LogP contribution in [0.4, 0.5) is 0 Å². The summed E-state index contributed by atoms with van der Waals surface area (Å²) in [6.45, 7) is 0. The van der Waals surface area contributed by atoms with E-state index >= 15 is 0 Å². The molecule has 0 aromatic carbocycles. The van der Waals surface area contributed by atoms with Crippen LogP contribution in [0.2, 0.25) is 0 Å². The van der Waals surface area contributed by atoms with Gasteiger partial charge in [-0.3, -0.25) is 4.79 Å². The third-order valence-corrected chi connectivity index (χ3v) is 0.613. The molecule has 0 heterocycles. The molecular weight excluding hydrogens is 103 g/mol. The number of methoxy groups -OCH3 is 1. The first-order chi connectivity index (χ1) is 2.81. The Labute approximate surface area is 41.0 Å². The van der Waals surface area contributed by atoms with E-state index in [1.54, 1.807) is 0 Å². The van der Waals surface area contributed by atoms with Crippen molar-refractivity contribution in [3.8, 4) is 0 Å². The molecule has 0 aromatic rings. The molecule has 1 unspecified atom stereocenters. The molecule has 0 aliphatic rings. The van der Waals surface area contributed by atoms with Crippen LogP contribution in [0.1, 0.15) is 0 Å². The first kappa shape index (κ1) is 5.92. The van der Waals surface area contributed by atoms with Crippen molar-refractivity contribution < 1.29 is 9.53 Å². The maximum Gasteiger partial charge on any atom is 0.185 e. The monoisotopic (exact) mass is 108 g/mol. The number of carbonyl (C=O) groups excluding carboxylic acids is 1. The molecule has 0 aromatic heterocycles. The molecule has 0 aliphatic carbocycles. The molecule has 0 rings (SSSR count). The lowest BCUT2D eigenvalue weighted by Gasteiger charge is -1.90. The fraction of sp³-hybridized carbons (Fsp3) is 0.667. The second-order valence-corrected chi connectivity index (χ2v) is 1.15. The minimum absolute atomic E-state index is 0.515. The van der Waals surface area contributed by atoms with Crippen molar-refractivity contribution in [2.45, 2.75) is 5.56 Å². The van der Waals surface area contributed by atoms with Gasteiger partial charge in [-0.1, -0.05) is 11.6 Å². The Morgan fingerprint density at radius 1 is 2.00 bits per heavy atom. The third-order valence-electron chi connectivity index (χ3n) is 0.332. The van der Waals surface area contributed by atoms with Gasteiger partial charge in [0.1, 0.15) is 0 Å². The van der Waals surface area contributed by atoms with Gasteiger partial charge in [0.25, 0.3) is 0 Å². The van der Waals surface area contributed by atoms with Gasteiger partial charge >= 0.3 is 0 Å². The number of alkyl halides is 1. The second kappa shape index (κ2) is 3.12. The summed E-state index contributed by atoms with van der Waals surface area (Å²) in [5.41, 5.74) is -0.773. The Balaban J connectivity index is 2.96. The first-order valence-corrected chi connectivity index (χ1v) is 1.87. The predicted octanol–water partition coefficient (Wildman–Crippen LogP) is 0.397. The van der Waals surface area contributed by atoms with Crippen LogP contribution in [0.5, 0.6) is 0 Å². The maximum absolute atomic E-state index is 9.48. The number of aldehydes is 1. The molecular formula is C3H5ClO2. The van der Waals surface area contributed by atoms with Gasteiger partial charge in [-0.2, -0.15) is 0 Å². The Bertz CT molecular complexity index is 46.1. The average Bonchev–Trinajstić information content (AvgIpc) is 1.65. The van der Waals surface area contributed by atoms with Gasteiger partial charge in [-0.15, -0.1) is 0 Å². The molecule has 0 radical (unpaired) electrons. The Hall–Kier alpha value is -0.0800. The fourth-order valence-electron chi connectivity index (χ4n) is 0.0556. The third kappa shape index (κ3) is 2.18. The summed E-state index contributed by atoms with van der Waals surface area (Å²) in [5, 5.41) is 0. The lowest BCUT2D eigenvalue weighted by Crippen LogP contribution is -2.00. The van der Waals surface area contributed by atoms with Gasteiger partial charge in [0, 0.05) is 7.11 Å². The number of carbonyl (C=O) groups is 1. The van der Waals surface area contributed by atoms with Crippen LogP contribution >= 0.6 is 11.6 Å². The highest BCUT2D eigenvalue weighted by Crippen LogP contribution is 1.87. The van der Waals surface area contributed by atoms with E-state index in [-0.39, 0.29) is 0 Å². The van der Waals surface area contributed by atoms with Gasteiger partial charge in [0.2, 0.25) is 0 Å². The summed E-state index contributed by atoms with van der Waals surface area (Å²) >= 11 is 5.06. The van der Waals surface area contributed by atoms with Gasteiger partial charge in [-0.05, 0) is 0 Å². The van der Waals surface area contributed by atoms with Crippen LogP contribution in [-0.2, 0) is 9.53 Å². The summed E-state index contributed by atoms with van der Waals surface area (Å²) < 4.78 is 4.30. The van der Waals surface area contributed by atoms with Crippen molar-refractivity contribution in [2.75, 3.05) is 7.11 Å². The van der Waals surface area contributed by atoms with E-state index < -0.39 is 5.56 Å². The van der Waals surface area contributed by atoms with E-state index in [1.165, 1.54) is 7.11 Å². The SMILES string of the molecule is COC(Cl)C=O. The molecule has 36 valence electrons. The molecule has 0 saturated carbocycles.